The van der Waals surface area contributed by atoms with Gasteiger partial charge in [-0.15, -0.1) is 0 Å². The van der Waals surface area contributed by atoms with Gasteiger partial charge < -0.3 is 13.3 Å². The van der Waals surface area contributed by atoms with Crippen LogP contribution >= 0.6 is 0 Å². The van der Waals surface area contributed by atoms with Crippen molar-refractivity contribution in [2.75, 3.05) is 21.3 Å². The molecule has 0 saturated heterocycles. The van der Waals surface area contributed by atoms with Crippen LogP contribution in [0.1, 0.15) is 14.9 Å². The first-order valence-corrected chi connectivity index (χ1v) is 4.56. The fourth-order valence-electron chi connectivity index (χ4n) is 0.250. The minimum absolute atomic E-state index is 0. The van der Waals surface area contributed by atoms with Crippen molar-refractivity contribution in [3.63, 3.8) is 0 Å². The SMILES string of the molecule is C.C.CO[Si](C)(OC)OC. The number of hydrogen-bond donors (Lipinski definition) is 0. The van der Waals surface area contributed by atoms with Crippen molar-refractivity contribution in [2.24, 2.45) is 0 Å². The van der Waals surface area contributed by atoms with E-state index in [9.17, 15) is 0 Å². The molecule has 0 aromatic heterocycles. The molecule has 0 spiro atoms. The molecule has 0 bridgehead atoms. The van der Waals surface area contributed by atoms with Crippen molar-refractivity contribution in [2.45, 2.75) is 21.4 Å². The highest BCUT2D eigenvalue weighted by Crippen LogP contribution is 2.02. The van der Waals surface area contributed by atoms with Crippen LogP contribution in [0.5, 0.6) is 0 Å². The van der Waals surface area contributed by atoms with Crippen molar-refractivity contribution in [1.82, 2.24) is 0 Å². The van der Waals surface area contributed by atoms with E-state index in [0.29, 0.717) is 0 Å². The molecule has 3 nitrogen and oxygen atoms in total. The molecule has 0 aliphatic heterocycles. The molecule has 66 valence electrons. The maximum Gasteiger partial charge on any atom is 0.496 e. The topological polar surface area (TPSA) is 27.7 Å². The zero-order chi connectivity index (χ0) is 6.62. The van der Waals surface area contributed by atoms with Gasteiger partial charge in [0.05, 0.1) is 0 Å². The lowest BCUT2D eigenvalue weighted by molar-refractivity contribution is 0.132. The molecule has 0 aliphatic carbocycles. The summed E-state index contributed by atoms with van der Waals surface area (Å²) >= 11 is 0. The first-order chi connectivity index (χ1) is 3.68. The van der Waals surface area contributed by atoms with E-state index >= 15 is 0 Å². The Morgan fingerprint density at radius 2 is 1.00 bits per heavy atom. The fraction of sp³-hybridized carbons (Fsp3) is 1.00. The summed E-state index contributed by atoms with van der Waals surface area (Å²) in [5.74, 6) is 0. The van der Waals surface area contributed by atoms with Gasteiger partial charge in [0, 0.05) is 27.9 Å². The van der Waals surface area contributed by atoms with Gasteiger partial charge in [0.15, 0.2) is 0 Å². The highest BCUT2D eigenvalue weighted by atomic mass is 28.4. The Kier molecular flexibility index (Phi) is 12.0. The minimum Gasteiger partial charge on any atom is -0.377 e. The van der Waals surface area contributed by atoms with Crippen molar-refractivity contribution < 1.29 is 13.3 Å². The van der Waals surface area contributed by atoms with Crippen LogP contribution in [0, 0.1) is 0 Å². The van der Waals surface area contributed by atoms with Gasteiger partial charge in [-0.05, 0) is 0 Å². The molecule has 0 atom stereocenters. The summed E-state index contributed by atoms with van der Waals surface area (Å²) in [6, 6.07) is 0. The van der Waals surface area contributed by atoms with E-state index in [1.54, 1.807) is 21.3 Å². The van der Waals surface area contributed by atoms with Crippen molar-refractivity contribution in [1.29, 1.82) is 0 Å². The van der Waals surface area contributed by atoms with E-state index in [0.717, 1.165) is 0 Å². The Balaban J connectivity index is -0.000000245. The molecule has 0 fully saturated rings. The van der Waals surface area contributed by atoms with Gasteiger partial charge in [0.1, 0.15) is 0 Å². The van der Waals surface area contributed by atoms with Crippen LogP contribution in [0.4, 0.5) is 0 Å². The van der Waals surface area contributed by atoms with Crippen molar-refractivity contribution >= 4 is 8.80 Å². The van der Waals surface area contributed by atoms with Crippen molar-refractivity contribution in [3.8, 4) is 0 Å². The summed E-state index contributed by atoms with van der Waals surface area (Å²) in [7, 11) is 2.58. The van der Waals surface area contributed by atoms with Gasteiger partial charge in [-0.25, -0.2) is 0 Å². The Hall–Kier alpha value is 0.0969. The van der Waals surface area contributed by atoms with Gasteiger partial charge in [-0.2, -0.15) is 0 Å². The molecular weight excluding hydrogens is 148 g/mol. The van der Waals surface area contributed by atoms with Gasteiger partial charge in [-0.3, -0.25) is 0 Å². The first-order valence-electron chi connectivity index (χ1n) is 2.34. The van der Waals surface area contributed by atoms with Crippen LogP contribution in [0.25, 0.3) is 0 Å². The van der Waals surface area contributed by atoms with E-state index in [1.807, 2.05) is 6.55 Å². The van der Waals surface area contributed by atoms with Gasteiger partial charge in [0.25, 0.3) is 0 Å². The lowest BCUT2D eigenvalue weighted by atomic mass is 11.8. The largest absolute Gasteiger partial charge is 0.496 e. The summed E-state index contributed by atoms with van der Waals surface area (Å²) in [4.78, 5) is 0. The van der Waals surface area contributed by atoms with Crippen LogP contribution in [0.15, 0.2) is 0 Å². The van der Waals surface area contributed by atoms with E-state index in [1.165, 1.54) is 0 Å². The second-order valence-electron chi connectivity index (χ2n) is 1.47. The van der Waals surface area contributed by atoms with E-state index < -0.39 is 8.80 Å². The molecule has 10 heavy (non-hydrogen) atoms. The quantitative estimate of drug-likeness (QED) is 0.601. The van der Waals surface area contributed by atoms with E-state index in [2.05, 4.69) is 0 Å². The number of rotatable bonds is 3. The first kappa shape index (κ1) is 16.6. The minimum atomic E-state index is -2.17. The maximum absolute atomic E-state index is 4.93. The number of hydrogen-bond acceptors (Lipinski definition) is 3. The van der Waals surface area contributed by atoms with Crippen LogP contribution in [-0.2, 0) is 13.3 Å². The lowest BCUT2D eigenvalue weighted by Gasteiger charge is -2.18. The fourth-order valence-corrected chi connectivity index (χ4v) is 0.750. The average molecular weight is 168 g/mol. The lowest BCUT2D eigenvalue weighted by Crippen LogP contribution is -2.38. The van der Waals surface area contributed by atoms with Crippen molar-refractivity contribution in [3.05, 3.63) is 0 Å². The third-order valence-corrected chi connectivity index (χ3v) is 3.34. The van der Waals surface area contributed by atoms with Gasteiger partial charge in [-0.1, -0.05) is 14.9 Å². The van der Waals surface area contributed by atoms with Gasteiger partial charge in [0.2, 0.25) is 0 Å². The summed E-state index contributed by atoms with van der Waals surface area (Å²) < 4.78 is 14.8. The summed E-state index contributed by atoms with van der Waals surface area (Å²) in [5.41, 5.74) is 0. The Morgan fingerprint density at radius 1 is 0.800 bits per heavy atom. The highest BCUT2D eigenvalue weighted by molar-refractivity contribution is 6.58. The smallest absolute Gasteiger partial charge is 0.377 e. The van der Waals surface area contributed by atoms with Crippen LogP contribution < -0.4 is 0 Å². The normalized spacial score (nSPS) is 9.60. The molecule has 0 amide bonds. The van der Waals surface area contributed by atoms with Crippen LogP contribution in [-0.4, -0.2) is 30.1 Å². The van der Waals surface area contributed by atoms with E-state index in [4.69, 9.17) is 13.3 Å². The molecular formula is C6H20O3Si. The Morgan fingerprint density at radius 3 is 1.00 bits per heavy atom. The predicted octanol–water partition coefficient (Wildman–Crippen LogP) is 1.77. The Bertz CT molecular complexity index is 55.7. The zero-order valence-corrected chi connectivity index (χ0v) is 6.72. The Labute approximate surface area is 65.7 Å². The van der Waals surface area contributed by atoms with E-state index in [-0.39, 0.29) is 14.9 Å². The highest BCUT2D eigenvalue weighted by Gasteiger charge is 2.29. The second-order valence-corrected chi connectivity index (χ2v) is 4.42. The molecule has 4 heteroatoms. The van der Waals surface area contributed by atoms with Crippen LogP contribution in [0.3, 0.4) is 0 Å². The molecule has 0 N–H and O–H groups in total. The molecule has 0 unspecified atom stereocenters. The van der Waals surface area contributed by atoms with Gasteiger partial charge >= 0.3 is 8.80 Å². The molecule has 0 heterocycles. The monoisotopic (exact) mass is 168 g/mol. The van der Waals surface area contributed by atoms with Crippen LogP contribution in [0.2, 0.25) is 6.55 Å². The summed E-state index contributed by atoms with van der Waals surface area (Å²) in [6.07, 6.45) is 0. The molecule has 0 radical (unpaired) electrons. The third-order valence-electron chi connectivity index (χ3n) is 1.11. The average Bonchev–Trinajstić information content (AvgIpc) is 1.87. The second kappa shape index (κ2) is 7.21. The molecule has 0 aromatic rings. The molecule has 0 aliphatic rings. The molecule has 0 saturated carbocycles. The maximum atomic E-state index is 4.93. The molecule has 0 aromatic carbocycles. The standard InChI is InChI=1S/C4H12O3Si.2CH4/c1-5-8(4,6-2)7-3;;/h1-4H3;2*1H4. The summed E-state index contributed by atoms with van der Waals surface area (Å²) in [6.45, 7) is 1.83. The summed E-state index contributed by atoms with van der Waals surface area (Å²) in [5, 5.41) is 0. The third kappa shape index (κ3) is 4.93. The molecule has 0 rings (SSSR count). The predicted molar refractivity (Wildman–Crippen MR) is 46.1 cm³/mol. The zero-order valence-electron chi connectivity index (χ0n) is 5.72.